The summed E-state index contributed by atoms with van der Waals surface area (Å²) in [6, 6.07) is 15.4. The van der Waals surface area contributed by atoms with Gasteiger partial charge in [0.25, 0.3) is 0 Å². The molecule has 0 heterocycles. The first-order chi connectivity index (χ1) is 14.6. The minimum atomic E-state index is -2.66. The summed E-state index contributed by atoms with van der Waals surface area (Å²) in [5.74, 6) is 1.54. The van der Waals surface area contributed by atoms with Gasteiger partial charge in [-0.05, 0) is 37.8 Å². The molecule has 6 heteroatoms. The smallest absolute Gasteiger partial charge is 0.319 e. The molecular weight excluding hydrogens is 399 g/mol. The van der Waals surface area contributed by atoms with E-state index in [1.807, 2.05) is 48.5 Å². The van der Waals surface area contributed by atoms with Crippen molar-refractivity contribution in [3.8, 4) is 11.5 Å². The summed E-state index contributed by atoms with van der Waals surface area (Å²) >= 11 is 0. The molecule has 2 aromatic rings. The van der Waals surface area contributed by atoms with Crippen molar-refractivity contribution in [2.75, 3.05) is 0 Å². The van der Waals surface area contributed by atoms with Crippen molar-refractivity contribution in [3.05, 3.63) is 59.7 Å². The summed E-state index contributed by atoms with van der Waals surface area (Å²) in [5, 5.41) is 0. The maximum Gasteiger partial charge on any atom is 0.319 e. The van der Waals surface area contributed by atoms with Crippen molar-refractivity contribution >= 4 is 8.25 Å². The van der Waals surface area contributed by atoms with Crippen LogP contribution in [0.25, 0.3) is 0 Å². The fraction of sp³-hybridized carbons (Fsp3) is 0.500. The molecule has 0 saturated heterocycles. The van der Waals surface area contributed by atoms with E-state index in [-0.39, 0.29) is 25.4 Å². The van der Waals surface area contributed by atoms with E-state index in [4.69, 9.17) is 18.5 Å². The topological polar surface area (TPSA) is 54.0 Å². The summed E-state index contributed by atoms with van der Waals surface area (Å²) in [7, 11) is -2.66. The van der Waals surface area contributed by atoms with Crippen LogP contribution in [0.5, 0.6) is 11.5 Å². The molecule has 2 aromatic carbocycles. The molecule has 30 heavy (non-hydrogen) atoms. The van der Waals surface area contributed by atoms with E-state index in [0.717, 1.165) is 48.3 Å². The minimum Gasteiger partial charge on any atom is -0.490 e. The highest BCUT2D eigenvalue weighted by Crippen LogP contribution is 2.32. The molecule has 0 amide bonds. The van der Waals surface area contributed by atoms with Crippen molar-refractivity contribution in [1.82, 2.24) is 0 Å². The molecule has 0 saturated carbocycles. The Morgan fingerprint density at radius 3 is 1.40 bits per heavy atom. The van der Waals surface area contributed by atoms with Crippen LogP contribution in [0.3, 0.4) is 0 Å². The normalized spacial score (nSPS) is 11.4. The van der Waals surface area contributed by atoms with Gasteiger partial charge in [0.2, 0.25) is 0 Å². The second-order valence-electron chi connectivity index (χ2n) is 7.16. The molecule has 166 valence electrons. The summed E-state index contributed by atoms with van der Waals surface area (Å²) < 4.78 is 35.5. The Bertz CT molecular complexity index is 708. The molecular formula is C24H35O5P. The standard InChI is InChI=1S/C24H35O5P/c1-5-21(6-2)28-23-15-11-9-13-19(23)17-26-30(25)27-18-20-14-10-12-16-24(20)29-22(7-3)8-4/h9-16,21-22,30H,5-8,17-18H2,1-4H3. The van der Waals surface area contributed by atoms with Crippen molar-refractivity contribution in [1.29, 1.82) is 0 Å². The van der Waals surface area contributed by atoms with E-state index in [0.29, 0.717) is 0 Å². The molecule has 5 nitrogen and oxygen atoms in total. The van der Waals surface area contributed by atoms with E-state index < -0.39 is 8.25 Å². The number of benzene rings is 2. The van der Waals surface area contributed by atoms with E-state index in [9.17, 15) is 4.57 Å². The third-order valence-electron chi connectivity index (χ3n) is 5.04. The predicted octanol–water partition coefficient (Wildman–Crippen LogP) is 6.94. The minimum absolute atomic E-state index is 0.158. The van der Waals surface area contributed by atoms with Crippen LogP contribution in [0, 0.1) is 0 Å². The zero-order valence-electron chi connectivity index (χ0n) is 18.6. The third kappa shape index (κ3) is 7.79. The maximum atomic E-state index is 12.3. The first kappa shape index (κ1) is 24.5. The highest BCUT2D eigenvalue weighted by atomic mass is 31.1. The van der Waals surface area contributed by atoms with Crippen molar-refractivity contribution in [3.63, 3.8) is 0 Å². The average Bonchev–Trinajstić information content (AvgIpc) is 2.79. The Morgan fingerprint density at radius 2 is 1.03 bits per heavy atom. The van der Waals surface area contributed by atoms with E-state index in [1.165, 1.54) is 0 Å². The number of ether oxygens (including phenoxy) is 2. The molecule has 0 aliphatic carbocycles. The van der Waals surface area contributed by atoms with Crippen LogP contribution in [0.1, 0.15) is 64.5 Å². The van der Waals surface area contributed by atoms with Crippen LogP contribution in [-0.4, -0.2) is 12.2 Å². The lowest BCUT2D eigenvalue weighted by molar-refractivity contribution is 0.176. The largest absolute Gasteiger partial charge is 0.490 e. The number of hydrogen-bond acceptors (Lipinski definition) is 5. The van der Waals surface area contributed by atoms with Crippen LogP contribution in [0.15, 0.2) is 48.5 Å². The Hall–Kier alpha value is -1.81. The first-order valence-electron chi connectivity index (χ1n) is 10.9. The highest BCUT2D eigenvalue weighted by molar-refractivity contribution is 7.33. The van der Waals surface area contributed by atoms with Gasteiger partial charge >= 0.3 is 8.25 Å². The molecule has 2 rings (SSSR count). The van der Waals surface area contributed by atoms with Gasteiger partial charge < -0.3 is 18.5 Å². The second-order valence-corrected chi connectivity index (χ2v) is 8.23. The number of para-hydroxylation sites is 2. The molecule has 0 N–H and O–H groups in total. The van der Waals surface area contributed by atoms with Gasteiger partial charge in [0.15, 0.2) is 0 Å². The van der Waals surface area contributed by atoms with Crippen LogP contribution >= 0.6 is 8.25 Å². The van der Waals surface area contributed by atoms with Crippen LogP contribution in [-0.2, 0) is 26.8 Å². The lowest BCUT2D eigenvalue weighted by Gasteiger charge is -2.19. The van der Waals surface area contributed by atoms with Gasteiger partial charge in [0, 0.05) is 11.1 Å². The van der Waals surface area contributed by atoms with Gasteiger partial charge in [-0.2, -0.15) is 0 Å². The van der Waals surface area contributed by atoms with Crippen LogP contribution in [0.4, 0.5) is 0 Å². The summed E-state index contributed by atoms with van der Waals surface area (Å²) in [6.07, 6.45) is 4.05. The summed E-state index contributed by atoms with van der Waals surface area (Å²) in [6.45, 7) is 8.77. The van der Waals surface area contributed by atoms with Gasteiger partial charge in [-0.15, -0.1) is 0 Å². The fourth-order valence-electron chi connectivity index (χ4n) is 3.06. The van der Waals surface area contributed by atoms with Crippen molar-refractivity contribution in [2.24, 2.45) is 0 Å². The molecule has 0 atom stereocenters. The molecule has 0 unspecified atom stereocenters. The van der Waals surface area contributed by atoms with E-state index in [1.54, 1.807) is 0 Å². The predicted molar refractivity (Wildman–Crippen MR) is 121 cm³/mol. The second kappa shape index (κ2) is 13.5. The Morgan fingerprint density at radius 1 is 0.667 bits per heavy atom. The molecule has 0 spiro atoms. The lowest BCUT2D eigenvalue weighted by Crippen LogP contribution is -2.14. The van der Waals surface area contributed by atoms with Gasteiger partial charge in [-0.1, -0.05) is 64.1 Å². The zero-order valence-corrected chi connectivity index (χ0v) is 19.6. The molecule has 0 fully saturated rings. The third-order valence-corrected chi connectivity index (χ3v) is 5.80. The zero-order chi connectivity index (χ0) is 21.8. The SMILES string of the molecule is CCC(CC)Oc1ccccc1CO[PH](=O)OCc1ccccc1OC(CC)CC. The maximum absolute atomic E-state index is 12.3. The van der Waals surface area contributed by atoms with Gasteiger partial charge in [-0.3, -0.25) is 4.57 Å². The molecule has 0 bridgehead atoms. The Labute approximate surface area is 181 Å². The van der Waals surface area contributed by atoms with Crippen molar-refractivity contribution in [2.45, 2.75) is 78.8 Å². The quantitative estimate of drug-likeness (QED) is 0.301. The van der Waals surface area contributed by atoms with Gasteiger partial charge in [0.05, 0.1) is 25.4 Å². The van der Waals surface area contributed by atoms with Gasteiger partial charge in [-0.25, -0.2) is 0 Å². The molecule has 0 aromatic heterocycles. The Balaban J connectivity index is 1.91. The highest BCUT2D eigenvalue weighted by Gasteiger charge is 2.13. The molecule has 0 aliphatic heterocycles. The molecule has 0 aliphatic rings. The fourth-order valence-corrected chi connectivity index (χ4v) is 3.69. The average molecular weight is 435 g/mol. The monoisotopic (exact) mass is 434 g/mol. The number of rotatable bonds is 14. The summed E-state index contributed by atoms with van der Waals surface area (Å²) in [4.78, 5) is 0. The Kier molecular flexibility index (Phi) is 11.0. The van der Waals surface area contributed by atoms with Crippen molar-refractivity contribution < 1.29 is 23.1 Å². The van der Waals surface area contributed by atoms with Gasteiger partial charge in [0.1, 0.15) is 11.5 Å². The van der Waals surface area contributed by atoms with Crippen LogP contribution < -0.4 is 9.47 Å². The molecule has 0 radical (unpaired) electrons. The van der Waals surface area contributed by atoms with E-state index in [2.05, 4.69) is 27.7 Å². The van der Waals surface area contributed by atoms with E-state index >= 15 is 0 Å². The van der Waals surface area contributed by atoms with Crippen LogP contribution in [0.2, 0.25) is 0 Å². The lowest BCUT2D eigenvalue weighted by atomic mass is 10.2. The number of hydrogen-bond donors (Lipinski definition) is 0. The summed E-state index contributed by atoms with van der Waals surface area (Å²) in [5.41, 5.74) is 1.73. The first-order valence-corrected chi connectivity index (χ1v) is 12.1.